The monoisotopic (exact) mass is 649 g/mol. The van der Waals surface area contributed by atoms with Gasteiger partial charge in [-0.25, -0.2) is 0 Å². The van der Waals surface area contributed by atoms with Gasteiger partial charge in [-0.15, -0.1) is 0 Å². The summed E-state index contributed by atoms with van der Waals surface area (Å²) in [4.78, 5) is 0. The normalized spacial score (nSPS) is 12.0. The Balaban J connectivity index is 1.13. The van der Waals surface area contributed by atoms with Crippen LogP contribution < -0.4 is 0 Å². The highest BCUT2D eigenvalue weighted by atomic mass is 15.0. The lowest BCUT2D eigenvalue weighted by Gasteiger charge is -2.16. The average Bonchev–Trinajstić information content (AvgIpc) is 3.57. The lowest BCUT2D eigenvalue weighted by Crippen LogP contribution is -2.02. The maximum atomic E-state index is 10.4. The van der Waals surface area contributed by atoms with Gasteiger partial charge in [-0.2, -0.15) is 15.8 Å². The molecule has 5 heteroatoms. The molecule has 0 amide bonds. The van der Waals surface area contributed by atoms with E-state index in [9.17, 15) is 15.8 Å². The number of nitriles is 3. The smallest absolute Gasteiger partial charge is 0.101 e. The van der Waals surface area contributed by atoms with Crippen LogP contribution in [0.25, 0.3) is 72.4 Å². The highest BCUT2D eigenvalue weighted by molar-refractivity contribution is 6.11. The Hall–Kier alpha value is -7.39. The topological polar surface area (TPSA) is 81.2 Å². The second kappa shape index (κ2) is 11.9. The SMILES string of the molecule is N#Cc1ccc2c(c1)c1c(n2-c2ccc(-c3ccc(-c4cccc(C#N)c4-n4c5ccccc5c5cccc(C#N)c54)cc3)cc2)C=CC=CC1. The van der Waals surface area contributed by atoms with Crippen molar-refractivity contribution in [3.63, 3.8) is 0 Å². The molecule has 0 fully saturated rings. The fourth-order valence-electron chi connectivity index (χ4n) is 7.62. The molecular formula is C46H27N5. The maximum absolute atomic E-state index is 10.4. The first-order valence-corrected chi connectivity index (χ1v) is 16.8. The van der Waals surface area contributed by atoms with Crippen LogP contribution in [0.2, 0.25) is 0 Å². The minimum Gasteiger partial charge on any atom is -0.310 e. The van der Waals surface area contributed by atoms with Crippen LogP contribution >= 0.6 is 0 Å². The number of hydrogen-bond acceptors (Lipinski definition) is 3. The van der Waals surface area contributed by atoms with Gasteiger partial charge in [-0.3, -0.25) is 0 Å². The Morgan fingerprint density at radius 2 is 1.22 bits per heavy atom. The summed E-state index contributed by atoms with van der Waals surface area (Å²) in [6.07, 6.45) is 9.25. The summed E-state index contributed by atoms with van der Waals surface area (Å²) in [6.45, 7) is 0. The van der Waals surface area contributed by atoms with Crippen molar-refractivity contribution in [3.8, 4) is 51.8 Å². The third-order valence-electron chi connectivity index (χ3n) is 9.92. The van der Waals surface area contributed by atoms with Crippen LogP contribution in [0.3, 0.4) is 0 Å². The van der Waals surface area contributed by atoms with E-state index in [4.69, 9.17) is 0 Å². The molecule has 2 aromatic heterocycles. The predicted octanol–water partition coefficient (Wildman–Crippen LogP) is 10.8. The van der Waals surface area contributed by atoms with Gasteiger partial charge < -0.3 is 9.13 Å². The number of hydrogen-bond donors (Lipinski definition) is 0. The zero-order chi connectivity index (χ0) is 34.5. The lowest BCUT2D eigenvalue weighted by atomic mass is 9.97. The van der Waals surface area contributed by atoms with Gasteiger partial charge >= 0.3 is 0 Å². The molecule has 0 saturated heterocycles. The molecule has 51 heavy (non-hydrogen) atoms. The van der Waals surface area contributed by atoms with Gasteiger partial charge in [0.25, 0.3) is 0 Å². The van der Waals surface area contributed by atoms with E-state index in [-0.39, 0.29) is 0 Å². The Morgan fingerprint density at radius 1 is 0.529 bits per heavy atom. The molecule has 1 aliphatic carbocycles. The molecule has 0 aliphatic heterocycles. The highest BCUT2D eigenvalue weighted by Crippen LogP contribution is 2.40. The molecule has 0 saturated carbocycles. The lowest BCUT2D eigenvalue weighted by molar-refractivity contribution is 1.09. The van der Waals surface area contributed by atoms with Crippen molar-refractivity contribution in [2.45, 2.75) is 6.42 Å². The number of allylic oxidation sites excluding steroid dienone is 3. The molecule has 1 aliphatic rings. The number of fused-ring (bicyclic) bond motifs is 6. The molecule has 8 aromatic rings. The molecule has 5 nitrogen and oxygen atoms in total. The third kappa shape index (κ3) is 4.67. The average molecular weight is 650 g/mol. The van der Waals surface area contributed by atoms with Gasteiger partial charge in [-0.05, 0) is 83.3 Å². The van der Waals surface area contributed by atoms with E-state index in [1.807, 2.05) is 72.8 Å². The summed E-state index contributed by atoms with van der Waals surface area (Å²) < 4.78 is 4.36. The molecule has 0 radical (unpaired) electrons. The Labute approximate surface area is 294 Å². The quantitative estimate of drug-likeness (QED) is 0.190. The van der Waals surface area contributed by atoms with E-state index in [1.165, 1.54) is 5.56 Å². The summed E-state index contributed by atoms with van der Waals surface area (Å²) in [6, 6.07) is 49.8. The maximum Gasteiger partial charge on any atom is 0.101 e. The van der Waals surface area contributed by atoms with Crippen LogP contribution in [0.15, 0.2) is 146 Å². The molecule has 2 heterocycles. The van der Waals surface area contributed by atoms with Crippen molar-refractivity contribution in [1.29, 1.82) is 15.8 Å². The van der Waals surface area contributed by atoms with Crippen molar-refractivity contribution in [2.24, 2.45) is 0 Å². The van der Waals surface area contributed by atoms with Gasteiger partial charge in [0.2, 0.25) is 0 Å². The van der Waals surface area contributed by atoms with Crippen molar-refractivity contribution in [3.05, 3.63) is 174 Å². The van der Waals surface area contributed by atoms with Crippen LogP contribution in [0.4, 0.5) is 0 Å². The van der Waals surface area contributed by atoms with E-state index < -0.39 is 0 Å². The summed E-state index contributed by atoms with van der Waals surface area (Å²) in [5.41, 5.74) is 12.8. The van der Waals surface area contributed by atoms with Gasteiger partial charge in [0.15, 0.2) is 0 Å². The second-order valence-corrected chi connectivity index (χ2v) is 12.6. The van der Waals surface area contributed by atoms with Crippen LogP contribution in [0, 0.1) is 34.0 Å². The molecule has 0 bridgehead atoms. The van der Waals surface area contributed by atoms with Crippen molar-refractivity contribution >= 4 is 38.8 Å². The number of aromatic nitrogens is 2. The van der Waals surface area contributed by atoms with E-state index in [0.717, 1.165) is 78.5 Å². The molecule has 0 N–H and O–H groups in total. The molecule has 236 valence electrons. The van der Waals surface area contributed by atoms with Crippen molar-refractivity contribution in [2.75, 3.05) is 0 Å². The van der Waals surface area contributed by atoms with Gasteiger partial charge in [0.05, 0.1) is 50.7 Å². The summed E-state index contributed by atoms with van der Waals surface area (Å²) in [7, 11) is 0. The van der Waals surface area contributed by atoms with Crippen LogP contribution in [0.1, 0.15) is 27.9 Å². The summed E-state index contributed by atoms with van der Waals surface area (Å²) in [5, 5.41) is 33.2. The van der Waals surface area contributed by atoms with Crippen LogP contribution in [-0.4, -0.2) is 9.13 Å². The highest BCUT2D eigenvalue weighted by Gasteiger charge is 2.21. The number of para-hydroxylation sites is 3. The minimum atomic E-state index is 0.535. The van der Waals surface area contributed by atoms with Gasteiger partial charge in [0.1, 0.15) is 12.1 Å². The zero-order valence-corrected chi connectivity index (χ0v) is 27.4. The van der Waals surface area contributed by atoms with Crippen molar-refractivity contribution in [1.82, 2.24) is 9.13 Å². The van der Waals surface area contributed by atoms with Crippen LogP contribution in [0.5, 0.6) is 0 Å². The predicted molar refractivity (Wildman–Crippen MR) is 205 cm³/mol. The Bertz CT molecular complexity index is 2890. The molecule has 0 unspecified atom stereocenters. The standard InChI is InChI=1S/C46H27N5/c47-27-30-16-25-44-41(26-30)39-10-2-1-3-14-42(39)50(44)36-23-21-32(22-24-36)31-17-19-33(20-18-31)37-12-6-8-34(28-48)45(37)51-43-15-5-4-11-38(43)40-13-7-9-35(29-49)46(40)51/h1-9,11-26H,10H2. The molecule has 9 rings (SSSR count). The van der Waals surface area contributed by atoms with Gasteiger partial charge in [0, 0.05) is 27.4 Å². The summed E-state index contributed by atoms with van der Waals surface area (Å²) >= 11 is 0. The van der Waals surface area contributed by atoms with E-state index >= 15 is 0 Å². The fourth-order valence-corrected chi connectivity index (χ4v) is 7.62. The second-order valence-electron chi connectivity index (χ2n) is 12.6. The number of rotatable bonds is 4. The first kappa shape index (κ1) is 29.7. The van der Waals surface area contributed by atoms with Gasteiger partial charge in [-0.1, -0.05) is 97.1 Å². The zero-order valence-electron chi connectivity index (χ0n) is 27.4. The fraction of sp³-hybridized carbons (Fsp3) is 0.0217. The molecular weight excluding hydrogens is 623 g/mol. The van der Waals surface area contributed by atoms with E-state index in [2.05, 4.69) is 106 Å². The third-order valence-corrected chi connectivity index (χ3v) is 9.92. The largest absolute Gasteiger partial charge is 0.310 e. The Kier molecular flexibility index (Phi) is 6.96. The van der Waals surface area contributed by atoms with E-state index in [1.54, 1.807) is 0 Å². The van der Waals surface area contributed by atoms with E-state index in [0.29, 0.717) is 16.7 Å². The first-order chi connectivity index (χ1) is 25.2. The molecule has 0 atom stereocenters. The molecule has 0 spiro atoms. The number of benzene rings is 6. The first-order valence-electron chi connectivity index (χ1n) is 16.8. The minimum absolute atomic E-state index is 0.535. The molecule has 6 aromatic carbocycles. The Morgan fingerprint density at radius 3 is 2.00 bits per heavy atom. The summed E-state index contributed by atoms with van der Waals surface area (Å²) in [5.74, 6) is 0. The van der Waals surface area contributed by atoms with Crippen LogP contribution in [-0.2, 0) is 6.42 Å². The van der Waals surface area contributed by atoms with Crippen molar-refractivity contribution < 1.29 is 0 Å². The number of nitrogens with zero attached hydrogens (tertiary/aromatic N) is 5.